The fourth-order valence-electron chi connectivity index (χ4n) is 8.53. The molecule has 45 heavy (non-hydrogen) atoms. The van der Waals surface area contributed by atoms with E-state index < -0.39 is 23.1 Å². The zero-order valence-corrected chi connectivity index (χ0v) is 28.3. The molecule has 6 rings (SSSR count). The Hall–Kier alpha value is -2.96. The van der Waals surface area contributed by atoms with E-state index in [0.29, 0.717) is 25.7 Å². The molecule has 0 fully saturated rings. The van der Waals surface area contributed by atoms with E-state index in [1.165, 1.54) is 22.5 Å². The smallest absolute Gasteiger partial charge is 0.317 e. The molecule has 2 heterocycles. The van der Waals surface area contributed by atoms with Gasteiger partial charge in [0.05, 0.1) is 10.0 Å². The third-order valence-corrected chi connectivity index (χ3v) is 11.8. The third kappa shape index (κ3) is 5.67. The Labute approximate surface area is 275 Å². The second-order valence-corrected chi connectivity index (χ2v) is 13.9. The van der Waals surface area contributed by atoms with Crippen LogP contribution in [-0.4, -0.2) is 33.1 Å². The van der Waals surface area contributed by atoms with Crippen LogP contribution >= 0.6 is 23.2 Å². The molecule has 2 N–H and O–H groups in total. The Morgan fingerprint density at radius 3 is 1.49 bits per heavy atom. The average Bonchev–Trinajstić information content (AvgIpc) is 3.61. The minimum Gasteiger partial charge on any atom is -0.458 e. The first kappa shape index (κ1) is 32.0. The lowest BCUT2D eigenvalue weighted by atomic mass is 9.73. The predicted octanol–water partition coefficient (Wildman–Crippen LogP) is 9.46. The van der Waals surface area contributed by atoms with Gasteiger partial charge in [-0.25, -0.2) is 0 Å². The first-order valence-corrected chi connectivity index (χ1v) is 17.4. The van der Waals surface area contributed by atoms with Crippen molar-refractivity contribution in [2.75, 3.05) is 0 Å². The van der Waals surface area contributed by atoms with Crippen LogP contribution in [0.5, 0.6) is 0 Å². The number of fused-ring (bicyclic) bond motifs is 6. The molecule has 2 aromatic carbocycles. The Bertz CT molecular complexity index is 1600. The molecule has 2 aliphatic carbocycles. The van der Waals surface area contributed by atoms with Crippen molar-refractivity contribution in [3.63, 3.8) is 0 Å². The van der Waals surface area contributed by atoms with Crippen LogP contribution in [0.2, 0.25) is 10.0 Å². The Kier molecular flexibility index (Phi) is 9.02. The van der Waals surface area contributed by atoms with Gasteiger partial charge in [0.1, 0.15) is 17.6 Å². The molecule has 8 heteroatoms. The summed E-state index contributed by atoms with van der Waals surface area (Å²) in [7, 11) is 0. The second-order valence-electron chi connectivity index (χ2n) is 13.0. The number of halogens is 2. The van der Waals surface area contributed by atoms with E-state index in [4.69, 9.17) is 32.7 Å². The molecule has 240 valence electrons. The van der Waals surface area contributed by atoms with Crippen LogP contribution in [0.3, 0.4) is 0 Å². The highest BCUT2D eigenvalue weighted by atomic mass is 35.5. The quantitative estimate of drug-likeness (QED) is 0.132. The van der Waals surface area contributed by atoms with Crippen LogP contribution in [0, 0.1) is 11.8 Å². The van der Waals surface area contributed by atoms with E-state index >= 15 is 0 Å². The number of hydrogen-bond acceptors (Lipinski definition) is 4. The monoisotopic (exact) mass is 650 g/mol. The number of hydrogen-bond donors (Lipinski definition) is 2. The lowest BCUT2D eigenvalue weighted by Crippen LogP contribution is -2.46. The molecule has 0 saturated carbocycles. The average molecular weight is 652 g/mol. The summed E-state index contributed by atoms with van der Waals surface area (Å²) in [5.74, 6) is -0.741. The zero-order valence-electron chi connectivity index (χ0n) is 26.8. The van der Waals surface area contributed by atoms with Crippen LogP contribution in [0.25, 0.3) is 21.8 Å². The molecule has 0 aliphatic heterocycles. The van der Waals surface area contributed by atoms with Crippen molar-refractivity contribution in [1.29, 1.82) is 0 Å². The first-order chi connectivity index (χ1) is 21.7. The Morgan fingerprint density at radius 1 is 0.711 bits per heavy atom. The van der Waals surface area contributed by atoms with Crippen LogP contribution < -0.4 is 0 Å². The fraction of sp³-hybridized carbons (Fsp3) is 0.514. The number of H-pyrrole nitrogens is 2. The van der Waals surface area contributed by atoms with Crippen LogP contribution in [0.4, 0.5) is 0 Å². The molecule has 0 saturated heterocycles. The van der Waals surface area contributed by atoms with Crippen molar-refractivity contribution in [2.45, 2.75) is 110 Å². The maximum absolute atomic E-state index is 13.4. The summed E-state index contributed by atoms with van der Waals surface area (Å²) < 4.78 is 12.6. The van der Waals surface area contributed by atoms with Gasteiger partial charge in [-0.15, -0.1) is 0 Å². The molecular weight excluding hydrogens is 607 g/mol. The van der Waals surface area contributed by atoms with Crippen molar-refractivity contribution in [1.82, 2.24) is 9.97 Å². The highest BCUT2D eigenvalue weighted by Gasteiger charge is 2.44. The molecule has 0 radical (unpaired) electrons. The van der Waals surface area contributed by atoms with Crippen LogP contribution in [-0.2, 0) is 44.7 Å². The SMILES string of the molecule is CCC(CC)(OC(=O)CC(=O)OC(CC)(CC)C1CCc2c([nH]c3cccc(Cl)c23)C1)C1CCc2c([nH]c3cccc(Cl)c23)C1. The molecule has 6 nitrogen and oxygen atoms in total. The highest BCUT2D eigenvalue weighted by molar-refractivity contribution is 6.36. The largest absolute Gasteiger partial charge is 0.458 e. The highest BCUT2D eigenvalue weighted by Crippen LogP contribution is 2.44. The number of ether oxygens (including phenoxy) is 2. The van der Waals surface area contributed by atoms with E-state index in [1.807, 2.05) is 24.3 Å². The van der Waals surface area contributed by atoms with E-state index in [9.17, 15) is 9.59 Å². The van der Waals surface area contributed by atoms with Crippen molar-refractivity contribution in [3.8, 4) is 0 Å². The van der Waals surface area contributed by atoms with Crippen molar-refractivity contribution < 1.29 is 19.1 Å². The molecular formula is C37H44Cl2N2O4. The fourth-order valence-corrected chi connectivity index (χ4v) is 9.11. The maximum atomic E-state index is 13.4. The number of aromatic amines is 2. The molecule has 2 unspecified atom stereocenters. The summed E-state index contributed by atoms with van der Waals surface area (Å²) in [5, 5.41) is 3.73. The number of aromatic nitrogens is 2. The van der Waals surface area contributed by atoms with Crippen molar-refractivity contribution in [2.24, 2.45) is 11.8 Å². The van der Waals surface area contributed by atoms with Gasteiger partial charge in [0, 0.05) is 45.0 Å². The summed E-state index contributed by atoms with van der Waals surface area (Å²) in [4.78, 5) is 34.0. The topological polar surface area (TPSA) is 84.2 Å². The number of esters is 2. The Balaban J connectivity index is 1.14. The normalized spacial score (nSPS) is 18.5. The number of nitrogens with one attached hydrogen (secondary N) is 2. The van der Waals surface area contributed by atoms with Gasteiger partial charge in [-0.3, -0.25) is 9.59 Å². The summed E-state index contributed by atoms with van der Waals surface area (Å²) in [6, 6.07) is 11.9. The van der Waals surface area contributed by atoms with E-state index in [2.05, 4.69) is 49.8 Å². The summed E-state index contributed by atoms with van der Waals surface area (Å²) in [6.07, 6.45) is 7.40. The van der Waals surface area contributed by atoms with Gasteiger partial charge >= 0.3 is 11.9 Å². The number of carbonyl (C=O) groups is 2. The number of aryl methyl sites for hydroxylation is 2. The second kappa shape index (κ2) is 12.7. The van der Waals surface area contributed by atoms with Gasteiger partial charge in [0.25, 0.3) is 0 Å². The van der Waals surface area contributed by atoms with Crippen molar-refractivity contribution in [3.05, 3.63) is 69.0 Å². The van der Waals surface area contributed by atoms with Gasteiger partial charge < -0.3 is 19.4 Å². The lowest BCUT2D eigenvalue weighted by Gasteiger charge is -2.42. The maximum Gasteiger partial charge on any atom is 0.317 e. The third-order valence-electron chi connectivity index (χ3n) is 11.1. The molecule has 2 aromatic heterocycles. The predicted molar refractivity (Wildman–Crippen MR) is 181 cm³/mol. The lowest BCUT2D eigenvalue weighted by molar-refractivity contribution is -0.180. The van der Waals surface area contributed by atoms with E-state index in [0.717, 1.165) is 70.4 Å². The molecule has 0 spiro atoms. The summed E-state index contributed by atoms with van der Waals surface area (Å²) in [6.45, 7) is 8.28. The van der Waals surface area contributed by atoms with Crippen molar-refractivity contribution >= 4 is 56.9 Å². The van der Waals surface area contributed by atoms with E-state index in [1.54, 1.807) is 0 Å². The number of carbonyl (C=O) groups excluding carboxylic acids is 2. The molecule has 4 aromatic rings. The molecule has 2 aliphatic rings. The minimum absolute atomic E-state index is 0.137. The van der Waals surface area contributed by atoms with Gasteiger partial charge in [-0.1, -0.05) is 63.0 Å². The standard InChI is InChI=1S/C37H44Cl2N2O4/c1-5-36(6-2,22-15-17-24-30(19-22)40-28-13-9-11-26(38)34(24)28)44-32(42)21-33(43)45-37(7-3,8-4)23-16-18-25-31(20-23)41-29-14-10-12-27(39)35(25)29/h9-14,22-23,40-41H,5-8,15-21H2,1-4H3. The van der Waals surface area contributed by atoms with Gasteiger partial charge in [0.15, 0.2) is 0 Å². The van der Waals surface area contributed by atoms with Gasteiger partial charge in [0.2, 0.25) is 0 Å². The zero-order chi connectivity index (χ0) is 31.9. The summed E-state index contributed by atoms with van der Waals surface area (Å²) >= 11 is 13.1. The molecule has 2 atom stereocenters. The van der Waals surface area contributed by atoms with E-state index in [-0.39, 0.29) is 18.3 Å². The van der Waals surface area contributed by atoms with Crippen LogP contribution in [0.15, 0.2) is 36.4 Å². The Morgan fingerprint density at radius 2 is 1.11 bits per heavy atom. The molecule has 0 amide bonds. The van der Waals surface area contributed by atoms with Crippen LogP contribution in [0.1, 0.15) is 95.2 Å². The van der Waals surface area contributed by atoms with Gasteiger partial charge in [-0.2, -0.15) is 0 Å². The first-order valence-electron chi connectivity index (χ1n) is 16.7. The molecule has 0 bridgehead atoms. The number of rotatable bonds is 10. The van der Waals surface area contributed by atoms with Gasteiger partial charge in [-0.05, 0) is 99.6 Å². The number of benzene rings is 2. The summed E-state index contributed by atoms with van der Waals surface area (Å²) in [5.41, 5.74) is 5.65. The minimum atomic E-state index is -0.653.